The van der Waals surface area contributed by atoms with Gasteiger partial charge in [-0.25, -0.2) is 0 Å². The Bertz CT molecular complexity index is 1070. The minimum absolute atomic E-state index is 0.243. The average Bonchev–Trinajstić information content (AvgIpc) is 3.34. The molecule has 0 unspecified atom stereocenters. The van der Waals surface area contributed by atoms with Crippen LogP contribution in [0.2, 0.25) is 15.1 Å². The van der Waals surface area contributed by atoms with Crippen LogP contribution in [-0.2, 0) is 9.63 Å². The molecule has 1 atom stereocenters. The lowest BCUT2D eigenvalue weighted by Gasteiger charge is -2.10. The van der Waals surface area contributed by atoms with Crippen LogP contribution in [0.5, 0.6) is 0 Å². The molecule has 1 aromatic heterocycles. The molecule has 2 heterocycles. The van der Waals surface area contributed by atoms with Crippen molar-refractivity contribution in [1.29, 1.82) is 0 Å². The van der Waals surface area contributed by atoms with E-state index in [2.05, 4.69) is 10.5 Å². The van der Waals surface area contributed by atoms with Gasteiger partial charge in [0.2, 0.25) is 5.91 Å². The van der Waals surface area contributed by atoms with Gasteiger partial charge in [0.1, 0.15) is 12.3 Å². The molecule has 0 saturated carbocycles. The second-order valence-electron chi connectivity index (χ2n) is 6.83. The first-order valence-corrected chi connectivity index (χ1v) is 11.0. The Kier molecular flexibility index (Phi) is 7.59. The van der Waals surface area contributed by atoms with Crippen molar-refractivity contribution in [2.24, 2.45) is 5.16 Å². The van der Waals surface area contributed by atoms with Crippen molar-refractivity contribution in [3.63, 3.8) is 0 Å². The highest BCUT2D eigenvalue weighted by atomic mass is 35.5. The van der Waals surface area contributed by atoms with Gasteiger partial charge in [-0.3, -0.25) is 9.59 Å². The van der Waals surface area contributed by atoms with E-state index in [0.29, 0.717) is 33.0 Å². The van der Waals surface area contributed by atoms with Crippen LogP contribution in [0.4, 0.5) is 13.2 Å². The van der Waals surface area contributed by atoms with Crippen molar-refractivity contribution in [1.82, 2.24) is 10.6 Å². The Balaban J connectivity index is 1.62. The molecular weight excluding hydrogens is 514 g/mol. The van der Waals surface area contributed by atoms with E-state index < -0.39 is 37.2 Å². The van der Waals surface area contributed by atoms with Gasteiger partial charge in [0.05, 0.1) is 31.4 Å². The molecule has 2 aromatic rings. The molecule has 32 heavy (non-hydrogen) atoms. The average molecular weight is 529 g/mol. The number of nitrogens with zero attached hydrogens (tertiary/aromatic N) is 1. The van der Waals surface area contributed by atoms with E-state index in [4.69, 9.17) is 39.6 Å². The molecule has 3 rings (SSSR count). The van der Waals surface area contributed by atoms with Crippen molar-refractivity contribution in [3.8, 4) is 0 Å². The van der Waals surface area contributed by atoms with Crippen molar-refractivity contribution in [3.05, 3.63) is 54.1 Å². The van der Waals surface area contributed by atoms with E-state index in [1.165, 1.54) is 0 Å². The fraction of sp³-hybridized carbons (Fsp3) is 0.316. The molecule has 1 aromatic carbocycles. The monoisotopic (exact) mass is 527 g/mol. The molecule has 0 radical (unpaired) electrons. The summed E-state index contributed by atoms with van der Waals surface area (Å²) in [5, 5.41) is 8.91. The summed E-state index contributed by atoms with van der Waals surface area (Å²) in [6.07, 6.45) is -4.56. The molecule has 2 N–H and O–H groups in total. The number of benzene rings is 1. The number of aryl methyl sites for hydroxylation is 1. The molecule has 13 heteroatoms. The summed E-state index contributed by atoms with van der Waals surface area (Å²) in [6, 6.07) is 5.03. The summed E-state index contributed by atoms with van der Waals surface area (Å²) in [6.45, 7) is -0.341. The quantitative estimate of drug-likeness (QED) is 0.500. The SMILES string of the molecule is Cc1cc(C2=NO[C@H](c3cc(Cl)c(Cl)c(Cl)c3)C2)sc1C(=O)NCC(=O)NCC(F)(F)F. The van der Waals surface area contributed by atoms with Crippen LogP contribution < -0.4 is 10.6 Å². The second-order valence-corrected chi connectivity index (χ2v) is 9.08. The summed E-state index contributed by atoms with van der Waals surface area (Å²) in [5.41, 5.74) is 1.92. The van der Waals surface area contributed by atoms with E-state index in [1.54, 1.807) is 30.4 Å². The molecule has 0 aliphatic carbocycles. The smallest absolute Gasteiger partial charge is 0.387 e. The molecule has 2 amide bonds. The number of alkyl halides is 3. The maximum Gasteiger partial charge on any atom is 0.405 e. The van der Waals surface area contributed by atoms with Gasteiger partial charge in [-0.05, 0) is 36.2 Å². The van der Waals surface area contributed by atoms with Gasteiger partial charge in [0.25, 0.3) is 5.91 Å². The summed E-state index contributed by atoms with van der Waals surface area (Å²) < 4.78 is 36.4. The Morgan fingerprint density at radius 2 is 1.84 bits per heavy atom. The predicted octanol–water partition coefficient (Wildman–Crippen LogP) is 5.29. The first-order chi connectivity index (χ1) is 14.9. The number of amides is 2. The molecule has 0 spiro atoms. The summed E-state index contributed by atoms with van der Waals surface area (Å²) in [4.78, 5) is 30.3. The zero-order valence-electron chi connectivity index (χ0n) is 16.3. The zero-order valence-corrected chi connectivity index (χ0v) is 19.4. The minimum atomic E-state index is -4.52. The molecule has 0 saturated heterocycles. The number of nitrogens with one attached hydrogen (secondary N) is 2. The maximum absolute atomic E-state index is 12.4. The normalized spacial score (nSPS) is 15.8. The molecule has 0 fully saturated rings. The Morgan fingerprint density at radius 3 is 2.47 bits per heavy atom. The minimum Gasteiger partial charge on any atom is -0.387 e. The summed E-state index contributed by atoms with van der Waals surface area (Å²) in [5.74, 6) is -1.52. The highest BCUT2D eigenvalue weighted by Crippen LogP contribution is 2.38. The van der Waals surface area contributed by atoms with Crippen LogP contribution in [0, 0.1) is 6.92 Å². The molecule has 172 valence electrons. The van der Waals surface area contributed by atoms with Crippen LogP contribution in [-0.4, -0.2) is 36.8 Å². The van der Waals surface area contributed by atoms with Crippen molar-refractivity contribution in [2.75, 3.05) is 13.1 Å². The van der Waals surface area contributed by atoms with Crippen LogP contribution >= 0.6 is 46.1 Å². The third-order valence-corrected chi connectivity index (χ3v) is 6.83. The van der Waals surface area contributed by atoms with E-state index in [-0.39, 0.29) is 15.1 Å². The lowest BCUT2D eigenvalue weighted by Crippen LogP contribution is -2.40. The van der Waals surface area contributed by atoms with Crippen molar-refractivity contribution in [2.45, 2.75) is 25.6 Å². The summed E-state index contributed by atoms with van der Waals surface area (Å²) in [7, 11) is 0. The van der Waals surface area contributed by atoms with Gasteiger partial charge in [0.15, 0.2) is 6.10 Å². The van der Waals surface area contributed by atoms with Gasteiger partial charge in [-0.1, -0.05) is 40.0 Å². The number of thiophene rings is 1. The number of carbonyl (C=O) groups is 2. The standard InChI is InChI=1S/C19H15Cl3F3N3O3S/c1-8-2-14(32-17(8)18(30)26-6-15(29)27-7-19(23,24)25)12-5-13(31-28-12)9-3-10(20)16(22)11(21)4-9/h2-4,13H,5-7H2,1H3,(H,26,30)(H,27,29)/t13-/m0/s1. The lowest BCUT2D eigenvalue weighted by atomic mass is 10.0. The van der Waals surface area contributed by atoms with Crippen molar-refractivity contribution >= 4 is 63.7 Å². The fourth-order valence-corrected chi connectivity index (χ4v) is 4.51. The molecule has 6 nitrogen and oxygen atoms in total. The molecular formula is C19H15Cl3F3N3O3S. The lowest BCUT2D eigenvalue weighted by molar-refractivity contribution is -0.137. The second kappa shape index (κ2) is 9.86. The highest BCUT2D eigenvalue weighted by Gasteiger charge is 2.29. The van der Waals surface area contributed by atoms with Crippen LogP contribution in [0.15, 0.2) is 23.4 Å². The van der Waals surface area contributed by atoms with Gasteiger partial charge < -0.3 is 15.5 Å². The third kappa shape index (κ3) is 6.06. The Morgan fingerprint density at radius 1 is 1.19 bits per heavy atom. The number of halogens is 6. The predicted molar refractivity (Wildman–Crippen MR) is 117 cm³/mol. The van der Waals surface area contributed by atoms with Crippen LogP contribution in [0.3, 0.4) is 0 Å². The van der Waals surface area contributed by atoms with Crippen LogP contribution in [0.1, 0.15) is 38.2 Å². The van der Waals surface area contributed by atoms with Gasteiger partial charge in [-0.2, -0.15) is 13.2 Å². The van der Waals surface area contributed by atoms with E-state index in [0.717, 1.165) is 11.3 Å². The number of rotatable bonds is 6. The maximum atomic E-state index is 12.4. The zero-order chi connectivity index (χ0) is 23.6. The Labute approximate surface area is 199 Å². The third-order valence-electron chi connectivity index (χ3n) is 4.35. The molecule has 1 aliphatic heterocycles. The molecule has 1 aliphatic rings. The van der Waals surface area contributed by atoms with Crippen LogP contribution in [0.25, 0.3) is 0 Å². The first kappa shape index (κ1) is 24.6. The fourth-order valence-electron chi connectivity index (χ4n) is 2.81. The van der Waals surface area contributed by atoms with Crippen molar-refractivity contribution < 1.29 is 27.6 Å². The van der Waals surface area contributed by atoms with E-state index in [9.17, 15) is 22.8 Å². The number of hydrogen-bond acceptors (Lipinski definition) is 5. The number of oxime groups is 1. The topological polar surface area (TPSA) is 79.8 Å². The summed E-state index contributed by atoms with van der Waals surface area (Å²) >= 11 is 19.2. The largest absolute Gasteiger partial charge is 0.405 e. The van der Waals surface area contributed by atoms with Gasteiger partial charge in [-0.15, -0.1) is 11.3 Å². The Hall–Kier alpha value is -2.01. The van der Waals surface area contributed by atoms with E-state index >= 15 is 0 Å². The highest BCUT2D eigenvalue weighted by molar-refractivity contribution is 7.16. The number of carbonyl (C=O) groups excluding carboxylic acids is 2. The van der Waals surface area contributed by atoms with E-state index in [1.807, 2.05) is 0 Å². The number of hydrogen-bond donors (Lipinski definition) is 2. The first-order valence-electron chi connectivity index (χ1n) is 9.04. The molecule has 0 bridgehead atoms. The van der Waals surface area contributed by atoms with Gasteiger partial charge >= 0.3 is 6.18 Å². The van der Waals surface area contributed by atoms with Gasteiger partial charge in [0, 0.05) is 6.42 Å².